The number of nitrogens with zero attached hydrogens (tertiary/aromatic N) is 1. The Morgan fingerprint density at radius 2 is 2.06 bits per heavy atom. The van der Waals surface area contributed by atoms with Gasteiger partial charge in [-0.3, -0.25) is 4.79 Å². The molecule has 0 aliphatic heterocycles. The van der Waals surface area contributed by atoms with Crippen molar-refractivity contribution >= 4 is 18.3 Å². The number of nitrogens with two attached hydrogens (primary N) is 1. The van der Waals surface area contributed by atoms with Gasteiger partial charge in [-0.05, 0) is 24.1 Å². The van der Waals surface area contributed by atoms with E-state index >= 15 is 0 Å². The van der Waals surface area contributed by atoms with Crippen LogP contribution in [-0.2, 0) is 11.2 Å². The number of carbonyl (C=O) groups excluding carboxylic acids is 1. The van der Waals surface area contributed by atoms with Crippen LogP contribution in [0.25, 0.3) is 0 Å². The lowest BCUT2D eigenvalue weighted by atomic mass is 10.0. The van der Waals surface area contributed by atoms with Gasteiger partial charge in [0, 0.05) is 19.5 Å². The average molecular weight is 254 g/mol. The minimum Gasteiger partial charge on any atom is -0.359 e. The molecule has 1 amide bonds. The number of rotatable bonds is 4. The summed E-state index contributed by atoms with van der Waals surface area (Å²) in [5.74, 6) is -0.0545. The first-order valence-corrected chi connectivity index (χ1v) is 5.11. The Kier molecular flexibility index (Phi) is 6.95. The van der Waals surface area contributed by atoms with Crippen LogP contribution < -0.4 is 11.1 Å². The molecule has 1 unspecified atom stereocenters. The van der Waals surface area contributed by atoms with E-state index in [4.69, 9.17) is 11.0 Å². The lowest BCUT2D eigenvalue weighted by molar-refractivity contribution is -0.120. The van der Waals surface area contributed by atoms with Gasteiger partial charge in [0.2, 0.25) is 5.91 Å². The molecule has 92 valence electrons. The summed E-state index contributed by atoms with van der Waals surface area (Å²) in [5.41, 5.74) is 7.49. The summed E-state index contributed by atoms with van der Waals surface area (Å²) < 4.78 is 0. The number of hydrogen-bond donors (Lipinski definition) is 2. The maximum Gasteiger partial charge on any atom is 0.221 e. The highest BCUT2D eigenvalue weighted by molar-refractivity contribution is 5.85. The standard InChI is InChI=1S/C12H15N3O.ClH/c1-15-12(16)7-11(14)6-9-2-4-10(8-13)5-3-9;/h2-5,11H,6-7,14H2,1H3,(H,15,16);1H. The summed E-state index contributed by atoms with van der Waals surface area (Å²) >= 11 is 0. The number of halogens is 1. The summed E-state index contributed by atoms with van der Waals surface area (Å²) in [6.07, 6.45) is 0.954. The second kappa shape index (κ2) is 7.66. The largest absolute Gasteiger partial charge is 0.359 e. The van der Waals surface area contributed by atoms with Crippen LogP contribution in [0.3, 0.4) is 0 Å². The van der Waals surface area contributed by atoms with Crippen molar-refractivity contribution in [2.45, 2.75) is 18.9 Å². The zero-order valence-corrected chi connectivity index (χ0v) is 10.5. The number of benzene rings is 1. The molecule has 1 aromatic rings. The topological polar surface area (TPSA) is 78.9 Å². The summed E-state index contributed by atoms with van der Waals surface area (Å²) in [4.78, 5) is 11.1. The highest BCUT2D eigenvalue weighted by Gasteiger charge is 2.08. The minimum absolute atomic E-state index is 0. The van der Waals surface area contributed by atoms with E-state index in [2.05, 4.69) is 11.4 Å². The van der Waals surface area contributed by atoms with Crippen LogP contribution >= 0.6 is 12.4 Å². The Labute approximate surface area is 107 Å². The van der Waals surface area contributed by atoms with Gasteiger partial charge in [0.15, 0.2) is 0 Å². The van der Waals surface area contributed by atoms with E-state index in [0.29, 0.717) is 18.4 Å². The Morgan fingerprint density at radius 1 is 1.47 bits per heavy atom. The molecule has 0 aliphatic carbocycles. The third-order valence-electron chi connectivity index (χ3n) is 2.31. The summed E-state index contributed by atoms with van der Waals surface area (Å²) in [6, 6.07) is 9.10. The third kappa shape index (κ3) is 5.34. The quantitative estimate of drug-likeness (QED) is 0.840. The van der Waals surface area contributed by atoms with Gasteiger partial charge in [-0.25, -0.2) is 0 Å². The minimum atomic E-state index is -0.187. The fourth-order valence-corrected chi connectivity index (χ4v) is 1.43. The van der Waals surface area contributed by atoms with Gasteiger partial charge in [0.05, 0.1) is 11.6 Å². The lowest BCUT2D eigenvalue weighted by Crippen LogP contribution is -2.31. The molecule has 5 heteroatoms. The fourth-order valence-electron chi connectivity index (χ4n) is 1.43. The van der Waals surface area contributed by atoms with Gasteiger partial charge in [-0.2, -0.15) is 5.26 Å². The lowest BCUT2D eigenvalue weighted by Gasteiger charge is -2.10. The van der Waals surface area contributed by atoms with Gasteiger partial charge in [0.25, 0.3) is 0 Å². The maximum atomic E-state index is 11.1. The molecule has 0 radical (unpaired) electrons. The molecule has 0 fully saturated rings. The van der Waals surface area contributed by atoms with Crippen molar-refractivity contribution in [1.29, 1.82) is 5.26 Å². The highest BCUT2D eigenvalue weighted by Crippen LogP contribution is 2.06. The summed E-state index contributed by atoms with van der Waals surface area (Å²) in [7, 11) is 1.59. The molecule has 0 bridgehead atoms. The first-order chi connectivity index (χ1) is 7.65. The molecule has 1 atom stereocenters. The van der Waals surface area contributed by atoms with Crippen LogP contribution in [0.1, 0.15) is 17.5 Å². The molecule has 0 spiro atoms. The molecule has 0 saturated carbocycles. The Bertz CT molecular complexity index is 397. The van der Waals surface area contributed by atoms with E-state index in [0.717, 1.165) is 5.56 Å². The molecule has 3 N–H and O–H groups in total. The number of amides is 1. The van der Waals surface area contributed by atoms with Crippen molar-refractivity contribution in [2.24, 2.45) is 5.73 Å². The second-order valence-electron chi connectivity index (χ2n) is 3.65. The van der Waals surface area contributed by atoms with Crippen LogP contribution in [0.5, 0.6) is 0 Å². The van der Waals surface area contributed by atoms with Crippen molar-refractivity contribution < 1.29 is 4.79 Å². The smallest absolute Gasteiger partial charge is 0.221 e. The van der Waals surface area contributed by atoms with Crippen LogP contribution in [-0.4, -0.2) is 19.0 Å². The SMILES string of the molecule is CNC(=O)CC(N)Cc1ccc(C#N)cc1.Cl. The molecular weight excluding hydrogens is 238 g/mol. The van der Waals surface area contributed by atoms with Gasteiger partial charge in [-0.1, -0.05) is 12.1 Å². The monoisotopic (exact) mass is 253 g/mol. The second-order valence-corrected chi connectivity index (χ2v) is 3.65. The van der Waals surface area contributed by atoms with Crippen molar-refractivity contribution in [3.8, 4) is 6.07 Å². The predicted octanol–water partition coefficient (Wildman–Crippen LogP) is 0.986. The Balaban J connectivity index is 0.00000256. The van der Waals surface area contributed by atoms with Gasteiger partial charge < -0.3 is 11.1 Å². The van der Waals surface area contributed by atoms with Crippen molar-refractivity contribution in [1.82, 2.24) is 5.32 Å². The van der Waals surface area contributed by atoms with E-state index in [1.807, 2.05) is 12.1 Å². The van der Waals surface area contributed by atoms with Gasteiger partial charge in [-0.15, -0.1) is 12.4 Å². The molecule has 1 aromatic carbocycles. The third-order valence-corrected chi connectivity index (χ3v) is 2.31. The van der Waals surface area contributed by atoms with Gasteiger partial charge in [0.1, 0.15) is 0 Å². The first-order valence-electron chi connectivity index (χ1n) is 5.11. The van der Waals surface area contributed by atoms with E-state index < -0.39 is 0 Å². The zero-order chi connectivity index (χ0) is 12.0. The number of nitriles is 1. The van der Waals surface area contributed by atoms with E-state index in [9.17, 15) is 4.79 Å². The highest BCUT2D eigenvalue weighted by atomic mass is 35.5. The van der Waals surface area contributed by atoms with Crippen molar-refractivity contribution in [3.63, 3.8) is 0 Å². The number of hydrogen-bond acceptors (Lipinski definition) is 3. The van der Waals surface area contributed by atoms with E-state index in [1.54, 1.807) is 19.2 Å². The molecule has 17 heavy (non-hydrogen) atoms. The summed E-state index contributed by atoms with van der Waals surface area (Å²) in [5, 5.41) is 11.2. The van der Waals surface area contributed by atoms with Crippen LogP contribution in [0.2, 0.25) is 0 Å². The molecular formula is C12H16ClN3O. The van der Waals surface area contributed by atoms with E-state index in [-0.39, 0.29) is 24.4 Å². The van der Waals surface area contributed by atoms with Crippen LogP contribution in [0.4, 0.5) is 0 Å². The average Bonchev–Trinajstić information content (AvgIpc) is 2.29. The molecule has 0 heterocycles. The normalized spacial score (nSPS) is 10.9. The van der Waals surface area contributed by atoms with E-state index in [1.165, 1.54) is 0 Å². The predicted molar refractivity (Wildman–Crippen MR) is 68.8 cm³/mol. The molecule has 0 aromatic heterocycles. The Morgan fingerprint density at radius 3 is 2.53 bits per heavy atom. The first kappa shape index (κ1) is 15.4. The number of nitrogens with one attached hydrogen (secondary N) is 1. The molecule has 1 rings (SSSR count). The zero-order valence-electron chi connectivity index (χ0n) is 9.64. The molecule has 4 nitrogen and oxygen atoms in total. The summed E-state index contributed by atoms with van der Waals surface area (Å²) in [6.45, 7) is 0. The Hall–Kier alpha value is -1.57. The number of carbonyl (C=O) groups is 1. The van der Waals surface area contributed by atoms with Crippen molar-refractivity contribution in [3.05, 3.63) is 35.4 Å². The van der Waals surface area contributed by atoms with Crippen molar-refractivity contribution in [2.75, 3.05) is 7.05 Å². The molecule has 0 saturated heterocycles. The van der Waals surface area contributed by atoms with Crippen LogP contribution in [0, 0.1) is 11.3 Å². The van der Waals surface area contributed by atoms with Crippen LogP contribution in [0.15, 0.2) is 24.3 Å². The molecule has 0 aliphatic rings. The maximum absolute atomic E-state index is 11.1. The van der Waals surface area contributed by atoms with Gasteiger partial charge >= 0.3 is 0 Å². The fraction of sp³-hybridized carbons (Fsp3) is 0.333.